The van der Waals surface area contributed by atoms with Crippen LogP contribution in [0.2, 0.25) is 27.3 Å². The Kier molecular flexibility index (Phi) is 3.60. The van der Waals surface area contributed by atoms with E-state index in [1.165, 1.54) is 4.88 Å². The minimum atomic E-state index is 0.328. The predicted octanol–water partition coefficient (Wildman–Crippen LogP) is 4.42. The lowest BCUT2D eigenvalue weighted by Gasteiger charge is -2.33. The molecule has 0 fully saturated rings. The summed E-state index contributed by atoms with van der Waals surface area (Å²) < 4.78 is 0.328. The molecule has 0 aliphatic carbocycles. The van der Waals surface area contributed by atoms with E-state index in [4.69, 9.17) is 0 Å². The second-order valence-corrected chi connectivity index (χ2v) is 7.51. The van der Waals surface area contributed by atoms with Crippen LogP contribution in [0.15, 0.2) is 29.7 Å². The van der Waals surface area contributed by atoms with Crippen molar-refractivity contribution in [1.29, 1.82) is 0 Å². The van der Waals surface area contributed by atoms with Gasteiger partial charge in [-0.05, 0) is 16.0 Å². The summed E-state index contributed by atoms with van der Waals surface area (Å²) in [5.74, 6) is 0. The van der Waals surface area contributed by atoms with E-state index in [0.717, 1.165) is 0 Å². The van der Waals surface area contributed by atoms with Crippen LogP contribution in [0.4, 0.5) is 0 Å². The average Bonchev–Trinajstić information content (AvgIpc) is 2.87. The van der Waals surface area contributed by atoms with Crippen molar-refractivity contribution in [3.05, 3.63) is 34.5 Å². The molecule has 16 heavy (non-hydrogen) atoms. The highest BCUT2D eigenvalue weighted by atomic mass is 32.2. The van der Waals surface area contributed by atoms with Gasteiger partial charge >= 0.3 is 0 Å². The molecular formula is C12H18B2S2. The normalized spacial score (nSPS) is 22.4. The zero-order valence-corrected chi connectivity index (χ0v) is 12.1. The molecule has 1 atom stereocenters. The van der Waals surface area contributed by atoms with Crippen LogP contribution in [0.1, 0.15) is 10.1 Å². The van der Waals surface area contributed by atoms with Gasteiger partial charge in [-0.1, -0.05) is 45.5 Å². The highest BCUT2D eigenvalue weighted by Gasteiger charge is 2.43. The van der Waals surface area contributed by atoms with Crippen molar-refractivity contribution in [2.75, 3.05) is 0 Å². The maximum absolute atomic E-state index is 2.46. The van der Waals surface area contributed by atoms with Crippen molar-refractivity contribution in [3.63, 3.8) is 0 Å². The van der Waals surface area contributed by atoms with Gasteiger partial charge < -0.3 is 0 Å². The van der Waals surface area contributed by atoms with Crippen molar-refractivity contribution in [2.45, 2.75) is 37.1 Å². The molecule has 1 aliphatic rings. The average molecular weight is 248 g/mol. The quantitative estimate of drug-likeness (QED) is 0.563. The van der Waals surface area contributed by atoms with E-state index < -0.39 is 0 Å². The molecule has 0 N–H and O–H groups in total. The van der Waals surface area contributed by atoms with Crippen LogP contribution in [0.3, 0.4) is 0 Å². The molecule has 0 spiro atoms. The van der Waals surface area contributed by atoms with Crippen molar-refractivity contribution < 1.29 is 0 Å². The van der Waals surface area contributed by atoms with E-state index in [2.05, 4.69) is 68.7 Å². The van der Waals surface area contributed by atoms with Crippen LogP contribution >= 0.6 is 23.1 Å². The number of thiophene rings is 1. The first-order valence-corrected chi connectivity index (χ1v) is 7.73. The molecule has 0 bridgehead atoms. The van der Waals surface area contributed by atoms with Crippen LogP contribution in [-0.4, -0.2) is 18.0 Å². The van der Waals surface area contributed by atoms with Crippen LogP contribution in [0.5, 0.6) is 0 Å². The Morgan fingerprint density at radius 2 is 1.88 bits per heavy atom. The van der Waals surface area contributed by atoms with E-state index in [1.807, 2.05) is 11.3 Å². The van der Waals surface area contributed by atoms with E-state index in [0.29, 0.717) is 23.2 Å². The maximum Gasteiger partial charge on any atom is 0.148 e. The first-order valence-electron chi connectivity index (χ1n) is 5.97. The van der Waals surface area contributed by atoms with Gasteiger partial charge in [-0.25, -0.2) is 0 Å². The Morgan fingerprint density at radius 1 is 1.19 bits per heavy atom. The maximum atomic E-state index is 2.46. The predicted molar refractivity (Wildman–Crippen MR) is 81.5 cm³/mol. The molecule has 2 heterocycles. The molecule has 0 aromatic carbocycles. The lowest BCUT2D eigenvalue weighted by Crippen LogP contribution is -2.46. The lowest BCUT2D eigenvalue weighted by molar-refractivity contribution is 1.32. The second kappa shape index (κ2) is 4.66. The molecule has 1 aromatic rings. The Hall–Kier alpha value is -0.0801. The Balaban J connectivity index is 2.21. The monoisotopic (exact) mass is 248 g/mol. The van der Waals surface area contributed by atoms with Gasteiger partial charge in [0.05, 0.1) is 5.25 Å². The SMILES string of the molecule is CB(C)C1(B(C)C)C=CC(c2cccs2)S1. The van der Waals surface area contributed by atoms with Crippen LogP contribution < -0.4 is 0 Å². The van der Waals surface area contributed by atoms with Gasteiger partial charge in [0, 0.05) is 4.88 Å². The highest BCUT2D eigenvalue weighted by molar-refractivity contribution is 8.04. The van der Waals surface area contributed by atoms with Crippen molar-refractivity contribution in [2.24, 2.45) is 0 Å². The Labute approximate surface area is 108 Å². The van der Waals surface area contributed by atoms with E-state index >= 15 is 0 Å². The van der Waals surface area contributed by atoms with E-state index in [-0.39, 0.29) is 0 Å². The summed E-state index contributed by atoms with van der Waals surface area (Å²) in [6, 6.07) is 4.41. The molecule has 1 unspecified atom stereocenters. The molecule has 4 heteroatoms. The smallest absolute Gasteiger partial charge is 0.148 e. The summed E-state index contributed by atoms with van der Waals surface area (Å²) in [6.45, 7) is 10.8. The molecule has 1 aliphatic heterocycles. The minimum Gasteiger partial charge on any atom is -0.154 e. The first kappa shape index (κ1) is 12.4. The third-order valence-corrected chi connectivity index (χ3v) is 6.75. The first-order chi connectivity index (χ1) is 7.56. The van der Waals surface area contributed by atoms with Gasteiger partial charge in [0.25, 0.3) is 0 Å². The molecule has 0 saturated heterocycles. The third-order valence-electron chi connectivity index (χ3n) is 3.49. The van der Waals surface area contributed by atoms with Gasteiger partial charge in [0.2, 0.25) is 0 Å². The van der Waals surface area contributed by atoms with E-state index in [1.54, 1.807) is 0 Å². The van der Waals surface area contributed by atoms with Gasteiger partial charge in [0.1, 0.15) is 13.4 Å². The van der Waals surface area contributed by atoms with Crippen molar-refractivity contribution in [3.8, 4) is 0 Å². The molecule has 1 aromatic heterocycles. The van der Waals surface area contributed by atoms with Crippen molar-refractivity contribution >= 4 is 36.5 Å². The third kappa shape index (κ3) is 2.02. The summed E-state index contributed by atoms with van der Waals surface area (Å²) in [4.78, 5) is 1.49. The fraction of sp³-hybridized carbons (Fsp3) is 0.500. The van der Waals surface area contributed by atoms with Gasteiger partial charge in [-0.2, -0.15) is 11.8 Å². The Morgan fingerprint density at radius 3 is 2.31 bits per heavy atom. The summed E-state index contributed by atoms with van der Waals surface area (Å²) in [5.41, 5.74) is 0. The van der Waals surface area contributed by atoms with Crippen LogP contribution in [0, 0.1) is 0 Å². The standard InChI is InChI=1S/C12H18B2S2/c1-13(2)12(14(3)4)8-7-11(16-12)10-6-5-9-15-10/h5-9,11H,1-4H3. The number of rotatable bonds is 3. The molecule has 0 nitrogen and oxygen atoms in total. The Bertz CT molecular complexity index is 360. The van der Waals surface area contributed by atoms with Gasteiger partial charge in [-0.3, -0.25) is 0 Å². The van der Waals surface area contributed by atoms with Gasteiger partial charge in [0.15, 0.2) is 0 Å². The topological polar surface area (TPSA) is 0 Å². The van der Waals surface area contributed by atoms with Crippen molar-refractivity contribution in [1.82, 2.24) is 0 Å². The molecule has 0 saturated carbocycles. The summed E-state index contributed by atoms with van der Waals surface area (Å²) >= 11 is 4.00. The lowest BCUT2D eigenvalue weighted by atomic mass is 9.24. The molecule has 84 valence electrons. The highest BCUT2D eigenvalue weighted by Crippen LogP contribution is 2.50. The summed E-state index contributed by atoms with van der Waals surface area (Å²) in [7, 11) is 0. The zero-order valence-electron chi connectivity index (χ0n) is 10.4. The van der Waals surface area contributed by atoms with Crippen LogP contribution in [0.25, 0.3) is 0 Å². The molecular weight excluding hydrogens is 230 g/mol. The zero-order chi connectivity index (χ0) is 11.8. The summed E-state index contributed by atoms with van der Waals surface area (Å²) in [6.07, 6.45) is 4.86. The number of thioether (sulfide) groups is 1. The van der Waals surface area contributed by atoms with E-state index in [9.17, 15) is 0 Å². The number of hydrogen-bond acceptors (Lipinski definition) is 2. The summed E-state index contributed by atoms with van der Waals surface area (Å²) in [5, 5.41) is 2.75. The molecule has 2 rings (SSSR count). The van der Waals surface area contributed by atoms with Gasteiger partial charge in [-0.15, -0.1) is 11.3 Å². The van der Waals surface area contributed by atoms with Crippen LogP contribution in [-0.2, 0) is 0 Å². The second-order valence-electron chi connectivity index (χ2n) is 5.08. The minimum absolute atomic E-state index is 0.328. The molecule has 0 radical (unpaired) electrons. The fourth-order valence-corrected chi connectivity index (χ4v) is 4.95. The number of hydrogen-bond donors (Lipinski definition) is 0. The largest absolute Gasteiger partial charge is 0.154 e. The fourth-order valence-electron chi connectivity index (χ4n) is 2.47. The molecule has 0 amide bonds.